The third-order valence-corrected chi connectivity index (χ3v) is 4.50. The zero-order chi connectivity index (χ0) is 20.8. The molecule has 2 aromatic rings. The summed E-state index contributed by atoms with van der Waals surface area (Å²) < 4.78 is 32.8. The molecule has 28 heavy (non-hydrogen) atoms. The zero-order valence-electron chi connectivity index (χ0n) is 16.1. The molecular formula is C21H23F2NO4. The summed E-state index contributed by atoms with van der Waals surface area (Å²) in [5.41, 5.74) is 0.768. The lowest BCUT2D eigenvalue weighted by atomic mass is 9.94. The van der Waals surface area contributed by atoms with Gasteiger partial charge in [0.15, 0.2) is 0 Å². The van der Waals surface area contributed by atoms with E-state index in [1.807, 2.05) is 13.8 Å². The molecule has 1 N–H and O–H groups in total. The number of carbonyl (C=O) groups excluding carboxylic acids is 1. The molecule has 7 heteroatoms. The van der Waals surface area contributed by atoms with Crippen molar-refractivity contribution in [3.8, 4) is 16.9 Å². The van der Waals surface area contributed by atoms with Crippen LogP contribution < -0.4 is 4.74 Å². The van der Waals surface area contributed by atoms with Crippen LogP contribution in [0.15, 0.2) is 30.3 Å². The second-order valence-electron chi connectivity index (χ2n) is 6.31. The van der Waals surface area contributed by atoms with E-state index in [-0.39, 0.29) is 16.9 Å². The molecule has 0 atom stereocenters. The Hall–Kier alpha value is -2.80. The molecule has 150 valence electrons. The normalized spacial score (nSPS) is 10.9. The lowest BCUT2D eigenvalue weighted by Gasteiger charge is -2.20. The third-order valence-electron chi connectivity index (χ3n) is 4.50. The van der Waals surface area contributed by atoms with Crippen molar-refractivity contribution in [1.82, 2.24) is 4.90 Å². The first-order valence-corrected chi connectivity index (χ1v) is 9.03. The van der Waals surface area contributed by atoms with Crippen molar-refractivity contribution >= 4 is 11.9 Å². The van der Waals surface area contributed by atoms with Crippen LogP contribution in [0.3, 0.4) is 0 Å². The average molecular weight is 391 g/mol. The second kappa shape index (κ2) is 9.41. The van der Waals surface area contributed by atoms with E-state index in [0.29, 0.717) is 24.1 Å². The first kappa shape index (κ1) is 21.5. The molecule has 0 heterocycles. The number of benzene rings is 2. The zero-order valence-corrected chi connectivity index (χ0v) is 16.1. The van der Waals surface area contributed by atoms with Crippen molar-refractivity contribution in [3.63, 3.8) is 0 Å². The number of aromatic carboxylic acids is 1. The molecule has 0 aliphatic carbocycles. The van der Waals surface area contributed by atoms with E-state index in [2.05, 4.69) is 4.90 Å². The molecule has 0 fully saturated rings. The molecule has 0 saturated heterocycles. The van der Waals surface area contributed by atoms with E-state index < -0.39 is 23.6 Å². The van der Waals surface area contributed by atoms with Crippen LogP contribution in [0.2, 0.25) is 0 Å². The Morgan fingerprint density at radius 3 is 2.29 bits per heavy atom. The van der Waals surface area contributed by atoms with E-state index in [4.69, 9.17) is 4.74 Å². The molecule has 2 aromatic carbocycles. The molecule has 0 aliphatic heterocycles. The number of esters is 1. The fourth-order valence-electron chi connectivity index (χ4n) is 3.01. The summed E-state index contributed by atoms with van der Waals surface area (Å²) in [5.74, 6) is -3.57. The van der Waals surface area contributed by atoms with Gasteiger partial charge in [-0.2, -0.15) is 0 Å². The number of nitrogens with zero attached hydrogens (tertiary/aromatic N) is 1. The minimum absolute atomic E-state index is 0.0906. The van der Waals surface area contributed by atoms with Crippen molar-refractivity contribution in [2.24, 2.45) is 0 Å². The molecule has 0 aromatic heterocycles. The van der Waals surface area contributed by atoms with E-state index in [0.717, 1.165) is 25.2 Å². The number of hydrogen-bond donors (Lipinski definition) is 1. The molecular weight excluding hydrogens is 368 g/mol. The van der Waals surface area contributed by atoms with Gasteiger partial charge < -0.3 is 14.7 Å². The van der Waals surface area contributed by atoms with Gasteiger partial charge in [0.05, 0.1) is 0 Å². The number of hydrogen-bond acceptors (Lipinski definition) is 4. The van der Waals surface area contributed by atoms with Crippen molar-refractivity contribution < 1.29 is 28.2 Å². The lowest BCUT2D eigenvalue weighted by molar-refractivity contribution is -0.131. The Balaban J connectivity index is 2.62. The number of rotatable bonds is 8. The molecule has 0 unspecified atom stereocenters. The predicted octanol–water partition coefficient (Wildman–Crippen LogP) is 4.14. The van der Waals surface area contributed by atoms with Gasteiger partial charge in [0, 0.05) is 25.1 Å². The highest BCUT2D eigenvalue weighted by atomic mass is 19.1. The SMILES string of the molecule is CCN(CC)CCc1cc(OC(C)=O)c(C(=O)O)cc1-c1ccc(F)cc1F. The predicted molar refractivity (Wildman–Crippen MR) is 102 cm³/mol. The molecule has 0 spiro atoms. The van der Waals surface area contributed by atoms with Crippen molar-refractivity contribution in [2.75, 3.05) is 19.6 Å². The number of ether oxygens (including phenoxy) is 1. The summed E-state index contributed by atoms with van der Waals surface area (Å²) in [4.78, 5) is 25.2. The Morgan fingerprint density at radius 1 is 1.07 bits per heavy atom. The van der Waals surface area contributed by atoms with Gasteiger partial charge in [0.1, 0.15) is 22.9 Å². The molecule has 0 aliphatic rings. The van der Waals surface area contributed by atoms with Gasteiger partial charge in [-0.1, -0.05) is 13.8 Å². The van der Waals surface area contributed by atoms with Crippen molar-refractivity contribution in [1.29, 1.82) is 0 Å². The summed E-state index contributed by atoms with van der Waals surface area (Å²) >= 11 is 0. The van der Waals surface area contributed by atoms with Crippen LogP contribution in [0.25, 0.3) is 11.1 Å². The highest BCUT2D eigenvalue weighted by Crippen LogP contribution is 2.33. The smallest absolute Gasteiger partial charge is 0.339 e. The summed E-state index contributed by atoms with van der Waals surface area (Å²) in [6.07, 6.45) is 0.474. The molecule has 0 saturated carbocycles. The third kappa shape index (κ3) is 5.13. The van der Waals surface area contributed by atoms with Crippen LogP contribution in [0.5, 0.6) is 5.75 Å². The van der Waals surface area contributed by atoms with Crippen LogP contribution in [-0.2, 0) is 11.2 Å². The number of carboxylic acid groups (broad SMARTS) is 1. The van der Waals surface area contributed by atoms with Gasteiger partial charge in [-0.05, 0) is 54.9 Å². The Labute approximate surface area is 162 Å². The molecule has 2 rings (SSSR count). The monoisotopic (exact) mass is 391 g/mol. The van der Waals surface area contributed by atoms with Gasteiger partial charge in [-0.15, -0.1) is 0 Å². The second-order valence-corrected chi connectivity index (χ2v) is 6.31. The Morgan fingerprint density at radius 2 is 1.75 bits per heavy atom. The number of carboxylic acids is 1. The topological polar surface area (TPSA) is 66.8 Å². The number of halogens is 2. The first-order chi connectivity index (χ1) is 13.3. The summed E-state index contributed by atoms with van der Waals surface area (Å²) in [7, 11) is 0. The fraction of sp³-hybridized carbons (Fsp3) is 0.333. The van der Waals surface area contributed by atoms with Gasteiger partial charge >= 0.3 is 11.9 Å². The van der Waals surface area contributed by atoms with Crippen LogP contribution in [0.4, 0.5) is 8.78 Å². The van der Waals surface area contributed by atoms with Crippen molar-refractivity contribution in [3.05, 3.63) is 53.1 Å². The summed E-state index contributed by atoms with van der Waals surface area (Å²) in [6.45, 7) is 7.49. The number of likely N-dealkylation sites (N-methyl/N-ethyl adjacent to an activating group) is 1. The molecule has 5 nitrogen and oxygen atoms in total. The minimum atomic E-state index is -1.31. The standard InChI is InChI=1S/C21H23F2NO4/c1-4-24(5-2)9-8-14-10-20(28-13(3)25)18(21(26)27)12-17(14)16-7-6-15(22)11-19(16)23/h6-7,10-12H,4-5,8-9H2,1-3H3,(H,26,27). The van der Waals surface area contributed by atoms with Crippen LogP contribution in [0, 0.1) is 11.6 Å². The Kier molecular flexibility index (Phi) is 7.23. The fourth-order valence-corrected chi connectivity index (χ4v) is 3.01. The first-order valence-electron chi connectivity index (χ1n) is 9.03. The van der Waals surface area contributed by atoms with Gasteiger partial charge in [0.25, 0.3) is 0 Å². The van der Waals surface area contributed by atoms with E-state index in [1.165, 1.54) is 25.1 Å². The van der Waals surface area contributed by atoms with E-state index in [1.54, 1.807) is 0 Å². The van der Waals surface area contributed by atoms with Gasteiger partial charge in [0.2, 0.25) is 0 Å². The van der Waals surface area contributed by atoms with Crippen LogP contribution >= 0.6 is 0 Å². The van der Waals surface area contributed by atoms with Crippen LogP contribution in [0.1, 0.15) is 36.7 Å². The molecule has 0 radical (unpaired) electrons. The van der Waals surface area contributed by atoms with Crippen molar-refractivity contribution in [2.45, 2.75) is 27.2 Å². The quantitative estimate of drug-likeness (QED) is 0.541. The maximum absolute atomic E-state index is 14.4. The van der Waals surface area contributed by atoms with E-state index in [9.17, 15) is 23.5 Å². The maximum Gasteiger partial charge on any atom is 0.339 e. The van der Waals surface area contributed by atoms with E-state index >= 15 is 0 Å². The van der Waals surface area contributed by atoms with Gasteiger partial charge in [-0.25, -0.2) is 13.6 Å². The summed E-state index contributed by atoms with van der Waals surface area (Å²) in [5, 5.41) is 9.50. The van der Waals surface area contributed by atoms with Gasteiger partial charge in [-0.3, -0.25) is 4.79 Å². The minimum Gasteiger partial charge on any atom is -0.478 e. The maximum atomic E-state index is 14.4. The Bertz CT molecular complexity index is 879. The lowest BCUT2D eigenvalue weighted by Crippen LogP contribution is -2.25. The van der Waals surface area contributed by atoms with Crippen LogP contribution in [-0.4, -0.2) is 41.6 Å². The highest BCUT2D eigenvalue weighted by Gasteiger charge is 2.20. The highest BCUT2D eigenvalue weighted by molar-refractivity contribution is 5.94. The number of carbonyl (C=O) groups is 2. The largest absolute Gasteiger partial charge is 0.478 e. The molecule has 0 amide bonds. The summed E-state index contributed by atoms with van der Waals surface area (Å²) in [6, 6.07) is 5.87. The molecule has 0 bridgehead atoms. The average Bonchev–Trinajstić information content (AvgIpc) is 2.62.